The predicted octanol–water partition coefficient (Wildman–Crippen LogP) is 2.28. The lowest BCUT2D eigenvalue weighted by atomic mass is 10.2. The second kappa shape index (κ2) is 11.1. The zero-order valence-electron chi connectivity index (χ0n) is 15.9. The first-order chi connectivity index (χ1) is 12.7. The van der Waals surface area contributed by atoms with Crippen molar-refractivity contribution < 1.29 is 4.74 Å². The summed E-state index contributed by atoms with van der Waals surface area (Å²) in [5, 5.41) is 6.58. The van der Waals surface area contributed by atoms with Gasteiger partial charge in [-0.3, -0.25) is 4.98 Å². The lowest BCUT2D eigenvalue weighted by molar-refractivity contribution is 0.259. The summed E-state index contributed by atoms with van der Waals surface area (Å²) in [5.41, 5.74) is 2.05. The molecule has 1 heterocycles. The van der Waals surface area contributed by atoms with Crippen molar-refractivity contribution in [3.8, 4) is 5.75 Å². The zero-order valence-corrected chi connectivity index (χ0v) is 15.9. The molecule has 140 valence electrons. The molecule has 0 aliphatic carbocycles. The van der Waals surface area contributed by atoms with Gasteiger partial charge < -0.3 is 20.3 Å². The van der Waals surface area contributed by atoms with Gasteiger partial charge in [-0.05, 0) is 39.2 Å². The predicted molar refractivity (Wildman–Crippen MR) is 106 cm³/mol. The monoisotopic (exact) mass is 355 g/mol. The van der Waals surface area contributed by atoms with Crippen LogP contribution in [0.15, 0.2) is 53.7 Å². The molecule has 6 nitrogen and oxygen atoms in total. The first kappa shape index (κ1) is 19.7. The number of aromatic nitrogens is 1. The maximum atomic E-state index is 5.91. The quantitative estimate of drug-likeness (QED) is 0.534. The summed E-state index contributed by atoms with van der Waals surface area (Å²) >= 11 is 0. The lowest BCUT2D eigenvalue weighted by Crippen LogP contribution is -2.37. The van der Waals surface area contributed by atoms with Crippen molar-refractivity contribution in [1.29, 1.82) is 0 Å². The summed E-state index contributed by atoms with van der Waals surface area (Å²) in [6, 6.07) is 13.9. The standard InChI is InChI=1S/C20H29N5O/c1-4-21-20(24-16-18-10-7-8-12-22-18)23-15-17-9-5-6-11-19(17)26-14-13-25(2)3/h5-12H,4,13-16H2,1-3H3,(H2,21,23,24). The molecule has 2 N–H and O–H groups in total. The van der Waals surface area contributed by atoms with E-state index >= 15 is 0 Å². The summed E-state index contributed by atoms with van der Waals surface area (Å²) in [6.07, 6.45) is 1.79. The number of nitrogens with one attached hydrogen (secondary N) is 2. The maximum absolute atomic E-state index is 5.91. The van der Waals surface area contributed by atoms with Crippen LogP contribution in [0.5, 0.6) is 5.75 Å². The van der Waals surface area contributed by atoms with E-state index in [1.165, 1.54) is 0 Å². The fourth-order valence-corrected chi connectivity index (χ4v) is 2.30. The van der Waals surface area contributed by atoms with Crippen molar-refractivity contribution in [2.75, 3.05) is 33.8 Å². The summed E-state index contributed by atoms with van der Waals surface area (Å²) in [4.78, 5) is 11.1. The van der Waals surface area contributed by atoms with Gasteiger partial charge in [-0.1, -0.05) is 24.3 Å². The molecular weight excluding hydrogens is 326 g/mol. The molecule has 0 saturated carbocycles. The molecule has 0 aliphatic rings. The lowest BCUT2D eigenvalue weighted by Gasteiger charge is -2.14. The number of likely N-dealkylation sites (N-methyl/N-ethyl adjacent to an activating group) is 1. The number of para-hydroxylation sites is 1. The Kier molecular flexibility index (Phi) is 8.42. The van der Waals surface area contributed by atoms with Gasteiger partial charge in [0.15, 0.2) is 5.96 Å². The third-order valence-corrected chi connectivity index (χ3v) is 3.68. The summed E-state index contributed by atoms with van der Waals surface area (Å²) < 4.78 is 5.91. The van der Waals surface area contributed by atoms with Gasteiger partial charge >= 0.3 is 0 Å². The van der Waals surface area contributed by atoms with Crippen LogP contribution in [0, 0.1) is 0 Å². The Morgan fingerprint density at radius 2 is 1.92 bits per heavy atom. The van der Waals surface area contributed by atoms with Gasteiger partial charge in [0, 0.05) is 24.8 Å². The molecule has 0 radical (unpaired) electrons. The largest absolute Gasteiger partial charge is 0.492 e. The highest BCUT2D eigenvalue weighted by atomic mass is 16.5. The molecule has 2 rings (SSSR count). The molecule has 0 spiro atoms. The summed E-state index contributed by atoms with van der Waals surface area (Å²) in [5.74, 6) is 1.65. The average molecular weight is 355 g/mol. The van der Waals surface area contributed by atoms with E-state index in [0.29, 0.717) is 19.7 Å². The number of nitrogens with zero attached hydrogens (tertiary/aromatic N) is 3. The van der Waals surface area contributed by atoms with E-state index in [1.807, 2.05) is 50.5 Å². The number of hydrogen-bond donors (Lipinski definition) is 2. The topological polar surface area (TPSA) is 61.8 Å². The Balaban J connectivity index is 1.97. The number of benzene rings is 1. The van der Waals surface area contributed by atoms with Gasteiger partial charge in [0.25, 0.3) is 0 Å². The van der Waals surface area contributed by atoms with Gasteiger partial charge in [-0.2, -0.15) is 0 Å². The molecular formula is C20H29N5O. The molecule has 0 saturated heterocycles. The minimum Gasteiger partial charge on any atom is -0.492 e. The molecule has 2 aromatic rings. The van der Waals surface area contributed by atoms with E-state index in [1.54, 1.807) is 6.20 Å². The first-order valence-corrected chi connectivity index (χ1v) is 8.96. The number of pyridine rings is 1. The highest BCUT2D eigenvalue weighted by Gasteiger charge is 2.04. The van der Waals surface area contributed by atoms with Crippen LogP contribution in [0.3, 0.4) is 0 Å². The SMILES string of the molecule is CCNC(=NCc1ccccc1OCCN(C)C)NCc1ccccn1. The minimum absolute atomic E-state index is 0.551. The van der Waals surface area contributed by atoms with Gasteiger partial charge in [-0.25, -0.2) is 4.99 Å². The van der Waals surface area contributed by atoms with E-state index in [9.17, 15) is 0 Å². The summed E-state index contributed by atoms with van der Waals surface area (Å²) in [7, 11) is 4.07. The van der Waals surface area contributed by atoms with Crippen LogP contribution in [0.25, 0.3) is 0 Å². The minimum atomic E-state index is 0.551. The number of hydrogen-bond acceptors (Lipinski definition) is 4. The van der Waals surface area contributed by atoms with E-state index in [-0.39, 0.29) is 0 Å². The van der Waals surface area contributed by atoms with Crippen LogP contribution in [-0.4, -0.2) is 49.6 Å². The van der Waals surface area contributed by atoms with Gasteiger partial charge in [0.1, 0.15) is 12.4 Å². The highest BCUT2D eigenvalue weighted by molar-refractivity contribution is 5.79. The molecule has 0 amide bonds. The highest BCUT2D eigenvalue weighted by Crippen LogP contribution is 2.18. The molecule has 0 unspecified atom stereocenters. The van der Waals surface area contributed by atoms with Gasteiger partial charge in [0.2, 0.25) is 0 Å². The molecule has 0 fully saturated rings. The Bertz CT molecular complexity index is 673. The Morgan fingerprint density at radius 3 is 2.65 bits per heavy atom. The van der Waals surface area contributed by atoms with E-state index in [2.05, 4.69) is 38.5 Å². The third kappa shape index (κ3) is 7.11. The van der Waals surface area contributed by atoms with Gasteiger partial charge in [-0.15, -0.1) is 0 Å². The van der Waals surface area contributed by atoms with E-state index in [4.69, 9.17) is 4.74 Å². The van der Waals surface area contributed by atoms with Crippen molar-refractivity contribution in [2.24, 2.45) is 4.99 Å². The summed E-state index contributed by atoms with van der Waals surface area (Å²) in [6.45, 7) is 5.58. The normalized spacial score (nSPS) is 11.5. The average Bonchev–Trinajstić information content (AvgIpc) is 2.65. The second-order valence-electron chi connectivity index (χ2n) is 6.13. The van der Waals surface area contributed by atoms with Crippen molar-refractivity contribution in [1.82, 2.24) is 20.5 Å². The molecule has 26 heavy (non-hydrogen) atoms. The van der Waals surface area contributed by atoms with Crippen LogP contribution >= 0.6 is 0 Å². The smallest absolute Gasteiger partial charge is 0.191 e. The fraction of sp³-hybridized carbons (Fsp3) is 0.400. The molecule has 0 bridgehead atoms. The Hall–Kier alpha value is -2.60. The van der Waals surface area contributed by atoms with E-state index in [0.717, 1.165) is 36.1 Å². The molecule has 1 aromatic carbocycles. The number of aliphatic imine (C=N–C) groups is 1. The molecule has 6 heteroatoms. The first-order valence-electron chi connectivity index (χ1n) is 8.96. The van der Waals surface area contributed by atoms with Crippen LogP contribution in [0.1, 0.15) is 18.2 Å². The molecule has 1 aromatic heterocycles. The number of guanidine groups is 1. The van der Waals surface area contributed by atoms with Crippen molar-refractivity contribution >= 4 is 5.96 Å². The van der Waals surface area contributed by atoms with Crippen molar-refractivity contribution in [3.05, 3.63) is 59.9 Å². The maximum Gasteiger partial charge on any atom is 0.191 e. The molecule has 0 aliphatic heterocycles. The van der Waals surface area contributed by atoms with E-state index < -0.39 is 0 Å². The Morgan fingerprint density at radius 1 is 1.12 bits per heavy atom. The number of ether oxygens (including phenoxy) is 1. The fourth-order valence-electron chi connectivity index (χ4n) is 2.30. The second-order valence-corrected chi connectivity index (χ2v) is 6.13. The Labute approximate surface area is 156 Å². The number of rotatable bonds is 9. The van der Waals surface area contributed by atoms with Crippen molar-refractivity contribution in [3.63, 3.8) is 0 Å². The third-order valence-electron chi connectivity index (χ3n) is 3.68. The zero-order chi connectivity index (χ0) is 18.6. The van der Waals surface area contributed by atoms with Gasteiger partial charge in [0.05, 0.1) is 18.8 Å². The van der Waals surface area contributed by atoms with Crippen LogP contribution in [0.2, 0.25) is 0 Å². The molecule has 0 atom stereocenters. The van der Waals surface area contributed by atoms with Crippen molar-refractivity contribution in [2.45, 2.75) is 20.0 Å². The van der Waals surface area contributed by atoms with Crippen LogP contribution < -0.4 is 15.4 Å². The van der Waals surface area contributed by atoms with Crippen LogP contribution in [-0.2, 0) is 13.1 Å². The van der Waals surface area contributed by atoms with Crippen LogP contribution in [0.4, 0.5) is 0 Å².